The molecule has 0 aliphatic rings. The van der Waals surface area contributed by atoms with Crippen LogP contribution in [0.15, 0.2) is 48.5 Å². The number of pyridine rings is 1. The van der Waals surface area contributed by atoms with E-state index in [1.54, 1.807) is 0 Å². The third-order valence-electron chi connectivity index (χ3n) is 2.95. The van der Waals surface area contributed by atoms with Crippen LogP contribution in [0.5, 0.6) is 0 Å². The van der Waals surface area contributed by atoms with E-state index in [4.69, 9.17) is 11.5 Å². The molecule has 0 radical (unpaired) electrons. The number of nitrogens with zero attached hydrogens (tertiary/aromatic N) is 1. The molecule has 0 atom stereocenters. The van der Waals surface area contributed by atoms with Gasteiger partial charge in [-0.1, -0.05) is 30.3 Å². The molecule has 3 rings (SSSR count). The van der Waals surface area contributed by atoms with E-state index >= 15 is 0 Å². The molecule has 1 heterocycles. The van der Waals surface area contributed by atoms with E-state index in [-0.39, 0.29) is 0 Å². The molecule has 0 aliphatic carbocycles. The lowest BCUT2D eigenvalue weighted by Gasteiger charge is -2.10. The molecule has 84 valence electrons. The largest absolute Gasteiger partial charge is 0.312 e. The van der Waals surface area contributed by atoms with E-state index in [0.717, 1.165) is 27.4 Å². The number of para-hydroxylation sites is 1. The van der Waals surface area contributed by atoms with E-state index in [1.807, 2.05) is 42.5 Å². The summed E-state index contributed by atoms with van der Waals surface area (Å²) in [5, 5.41) is 2.13. The van der Waals surface area contributed by atoms with Crippen molar-refractivity contribution in [3.8, 4) is 0 Å². The van der Waals surface area contributed by atoms with Crippen LogP contribution < -0.4 is 11.5 Å². The average molecular weight is 223 g/mol. The molecular weight excluding hydrogens is 210 g/mol. The van der Waals surface area contributed by atoms with Crippen LogP contribution in [0.4, 0.5) is 0 Å². The molecule has 0 saturated carbocycles. The molecule has 0 amide bonds. The van der Waals surface area contributed by atoms with Crippen molar-refractivity contribution >= 4 is 21.8 Å². The van der Waals surface area contributed by atoms with Crippen molar-refractivity contribution in [3.63, 3.8) is 0 Å². The summed E-state index contributed by atoms with van der Waals surface area (Å²) in [5.41, 5.74) is 14.4. The lowest BCUT2D eigenvalue weighted by molar-refractivity contribution is 0.781. The zero-order chi connectivity index (χ0) is 11.8. The fraction of sp³-hybridized carbons (Fsp3) is 0.0714. The minimum Gasteiger partial charge on any atom is -0.312 e. The van der Waals surface area contributed by atoms with Crippen LogP contribution in [0.2, 0.25) is 0 Å². The van der Waals surface area contributed by atoms with Gasteiger partial charge >= 0.3 is 0 Å². The SMILES string of the molecule is NC(N)c1cccc2nc3ccccc3cc12. The second-order valence-electron chi connectivity index (χ2n) is 4.12. The number of hydrogen-bond donors (Lipinski definition) is 2. The molecule has 17 heavy (non-hydrogen) atoms. The Morgan fingerprint density at radius 3 is 2.47 bits per heavy atom. The summed E-state index contributed by atoms with van der Waals surface area (Å²) in [6, 6.07) is 16.0. The van der Waals surface area contributed by atoms with Gasteiger partial charge in [-0.25, -0.2) is 4.98 Å². The van der Waals surface area contributed by atoms with Gasteiger partial charge in [0.25, 0.3) is 0 Å². The minimum atomic E-state index is -0.471. The lowest BCUT2D eigenvalue weighted by atomic mass is 10.0. The molecule has 0 spiro atoms. The molecular formula is C14H13N3. The molecule has 0 fully saturated rings. The molecule has 0 aliphatic heterocycles. The second kappa shape index (κ2) is 3.80. The van der Waals surface area contributed by atoms with Crippen molar-refractivity contribution in [2.45, 2.75) is 6.17 Å². The predicted octanol–water partition coefficient (Wildman–Crippen LogP) is 2.30. The third kappa shape index (κ3) is 1.65. The van der Waals surface area contributed by atoms with E-state index in [1.165, 1.54) is 0 Å². The van der Waals surface area contributed by atoms with Crippen molar-refractivity contribution in [1.29, 1.82) is 0 Å². The van der Waals surface area contributed by atoms with Crippen LogP contribution in [0.1, 0.15) is 11.7 Å². The zero-order valence-electron chi connectivity index (χ0n) is 9.30. The number of fused-ring (bicyclic) bond motifs is 2. The highest BCUT2D eigenvalue weighted by atomic mass is 14.8. The van der Waals surface area contributed by atoms with E-state index in [9.17, 15) is 0 Å². The summed E-state index contributed by atoms with van der Waals surface area (Å²) in [4.78, 5) is 4.61. The maximum absolute atomic E-state index is 5.77. The number of hydrogen-bond acceptors (Lipinski definition) is 3. The predicted molar refractivity (Wildman–Crippen MR) is 70.4 cm³/mol. The summed E-state index contributed by atoms with van der Waals surface area (Å²) < 4.78 is 0. The van der Waals surface area contributed by atoms with Gasteiger partial charge in [0.1, 0.15) is 0 Å². The first-order valence-corrected chi connectivity index (χ1v) is 5.55. The van der Waals surface area contributed by atoms with Crippen molar-refractivity contribution in [1.82, 2.24) is 4.98 Å². The molecule has 3 aromatic rings. The first-order chi connectivity index (χ1) is 8.25. The second-order valence-corrected chi connectivity index (χ2v) is 4.12. The molecule has 3 nitrogen and oxygen atoms in total. The topological polar surface area (TPSA) is 64.9 Å². The van der Waals surface area contributed by atoms with Crippen molar-refractivity contribution in [2.24, 2.45) is 11.5 Å². The Balaban J connectivity index is 2.43. The molecule has 0 unspecified atom stereocenters. The molecule has 0 bridgehead atoms. The van der Waals surface area contributed by atoms with E-state index in [2.05, 4.69) is 11.1 Å². The summed E-state index contributed by atoms with van der Waals surface area (Å²) >= 11 is 0. The van der Waals surface area contributed by atoms with Crippen LogP contribution in [-0.4, -0.2) is 4.98 Å². The summed E-state index contributed by atoms with van der Waals surface area (Å²) in [5.74, 6) is 0. The summed E-state index contributed by atoms with van der Waals surface area (Å²) in [6.07, 6.45) is -0.471. The highest BCUT2D eigenvalue weighted by Crippen LogP contribution is 2.24. The van der Waals surface area contributed by atoms with Crippen LogP contribution in [0.3, 0.4) is 0 Å². The number of aromatic nitrogens is 1. The van der Waals surface area contributed by atoms with Gasteiger partial charge in [-0.2, -0.15) is 0 Å². The summed E-state index contributed by atoms with van der Waals surface area (Å²) in [7, 11) is 0. The van der Waals surface area contributed by atoms with Crippen molar-refractivity contribution in [2.75, 3.05) is 0 Å². The highest BCUT2D eigenvalue weighted by molar-refractivity contribution is 5.94. The molecule has 0 saturated heterocycles. The third-order valence-corrected chi connectivity index (χ3v) is 2.95. The Bertz CT molecular complexity index is 689. The van der Waals surface area contributed by atoms with Gasteiger partial charge in [0.15, 0.2) is 0 Å². The quantitative estimate of drug-likeness (QED) is 0.491. The Kier molecular flexibility index (Phi) is 2.28. The van der Waals surface area contributed by atoms with Gasteiger partial charge in [-0.15, -0.1) is 0 Å². The molecule has 1 aromatic heterocycles. The maximum atomic E-state index is 5.77. The lowest BCUT2D eigenvalue weighted by Crippen LogP contribution is -2.20. The minimum absolute atomic E-state index is 0.471. The smallest absolute Gasteiger partial charge is 0.0791 e. The van der Waals surface area contributed by atoms with Gasteiger partial charge in [0.2, 0.25) is 0 Å². The average Bonchev–Trinajstić information content (AvgIpc) is 2.35. The molecule has 4 N–H and O–H groups in total. The monoisotopic (exact) mass is 223 g/mol. The first kappa shape index (κ1) is 10.2. The Morgan fingerprint density at radius 2 is 1.65 bits per heavy atom. The van der Waals surface area contributed by atoms with Gasteiger partial charge in [-0.05, 0) is 23.8 Å². The fourth-order valence-electron chi connectivity index (χ4n) is 2.11. The van der Waals surface area contributed by atoms with Crippen molar-refractivity contribution < 1.29 is 0 Å². The van der Waals surface area contributed by atoms with Crippen LogP contribution in [0, 0.1) is 0 Å². The zero-order valence-corrected chi connectivity index (χ0v) is 9.30. The van der Waals surface area contributed by atoms with Gasteiger partial charge in [0, 0.05) is 10.8 Å². The van der Waals surface area contributed by atoms with Crippen LogP contribution in [0.25, 0.3) is 21.8 Å². The standard InChI is InChI=1S/C14H13N3/c15-14(16)10-5-3-7-13-11(10)8-9-4-1-2-6-12(9)17-13/h1-8,14H,15-16H2. The van der Waals surface area contributed by atoms with Crippen molar-refractivity contribution in [3.05, 3.63) is 54.1 Å². The Hall–Kier alpha value is -1.97. The van der Waals surface area contributed by atoms with Gasteiger partial charge in [-0.3, -0.25) is 0 Å². The Morgan fingerprint density at radius 1 is 0.882 bits per heavy atom. The highest BCUT2D eigenvalue weighted by Gasteiger charge is 2.07. The number of benzene rings is 2. The maximum Gasteiger partial charge on any atom is 0.0791 e. The fourth-order valence-corrected chi connectivity index (χ4v) is 2.11. The number of rotatable bonds is 1. The first-order valence-electron chi connectivity index (χ1n) is 5.55. The summed E-state index contributed by atoms with van der Waals surface area (Å²) in [6.45, 7) is 0. The molecule has 3 heteroatoms. The van der Waals surface area contributed by atoms with E-state index < -0.39 is 6.17 Å². The van der Waals surface area contributed by atoms with Crippen LogP contribution in [-0.2, 0) is 0 Å². The van der Waals surface area contributed by atoms with Gasteiger partial charge < -0.3 is 11.5 Å². The van der Waals surface area contributed by atoms with E-state index in [0.29, 0.717) is 0 Å². The molecule has 2 aromatic carbocycles. The normalized spacial score (nSPS) is 11.5. The Labute approximate surface area is 99.1 Å². The number of nitrogens with two attached hydrogens (primary N) is 2. The van der Waals surface area contributed by atoms with Crippen LogP contribution >= 0.6 is 0 Å². The van der Waals surface area contributed by atoms with Gasteiger partial charge in [0.05, 0.1) is 17.2 Å².